The van der Waals surface area contributed by atoms with Crippen molar-refractivity contribution in [3.63, 3.8) is 0 Å². The van der Waals surface area contributed by atoms with Crippen molar-refractivity contribution in [3.05, 3.63) is 11.3 Å². The van der Waals surface area contributed by atoms with Gasteiger partial charge in [-0.2, -0.15) is 4.37 Å². The Morgan fingerprint density at radius 2 is 1.94 bits per heavy atom. The number of esters is 1. The molecule has 0 amide bonds. The third kappa shape index (κ3) is 4.64. The first-order valence-corrected chi connectivity index (χ1v) is 7.33. The summed E-state index contributed by atoms with van der Waals surface area (Å²) in [6.07, 6.45) is 7.06. The molecule has 4 nitrogen and oxygen atoms in total. The number of aryl methyl sites for hydroxylation is 1. The van der Waals surface area contributed by atoms with Gasteiger partial charge in [-0.3, -0.25) is 0 Å². The Kier molecular flexibility index (Phi) is 6.72. The maximum absolute atomic E-state index is 11.7. The largest absolute Gasteiger partial charge is 0.462 e. The number of carbonyl (C=O) groups excluding carboxylic acids is 1. The van der Waals surface area contributed by atoms with Crippen molar-refractivity contribution >= 4 is 22.5 Å². The van der Waals surface area contributed by atoms with Gasteiger partial charge >= 0.3 is 5.97 Å². The second-order valence-electron chi connectivity index (χ2n) is 4.41. The summed E-state index contributed by atoms with van der Waals surface area (Å²) in [6.45, 7) is 4.44. The number of rotatable bonds is 8. The number of nitrogens with zero attached hydrogens (tertiary/aromatic N) is 1. The van der Waals surface area contributed by atoms with Gasteiger partial charge in [-0.1, -0.05) is 39.0 Å². The van der Waals surface area contributed by atoms with Crippen molar-refractivity contribution in [3.8, 4) is 0 Å². The summed E-state index contributed by atoms with van der Waals surface area (Å²) < 4.78 is 9.23. The third-order valence-electron chi connectivity index (χ3n) is 2.82. The minimum Gasteiger partial charge on any atom is -0.462 e. The molecule has 0 bridgehead atoms. The van der Waals surface area contributed by atoms with E-state index in [-0.39, 0.29) is 5.97 Å². The monoisotopic (exact) mass is 270 g/mol. The Balaban J connectivity index is 2.18. The number of nitrogen functional groups attached to an aromatic ring is 1. The zero-order valence-corrected chi connectivity index (χ0v) is 12.0. The molecule has 0 unspecified atom stereocenters. The molecule has 18 heavy (non-hydrogen) atoms. The lowest BCUT2D eigenvalue weighted by Crippen LogP contribution is -2.09. The van der Waals surface area contributed by atoms with Crippen LogP contribution in [-0.2, 0) is 4.74 Å². The van der Waals surface area contributed by atoms with Crippen LogP contribution < -0.4 is 5.73 Å². The third-order valence-corrected chi connectivity index (χ3v) is 3.59. The van der Waals surface area contributed by atoms with Gasteiger partial charge in [0.15, 0.2) is 0 Å². The fourth-order valence-corrected chi connectivity index (χ4v) is 2.40. The molecule has 0 atom stereocenters. The Hall–Kier alpha value is -1.10. The van der Waals surface area contributed by atoms with E-state index in [9.17, 15) is 4.79 Å². The molecule has 0 aromatic carbocycles. The number of hydrogen-bond donors (Lipinski definition) is 1. The molecule has 0 spiro atoms. The van der Waals surface area contributed by atoms with Crippen molar-refractivity contribution in [1.82, 2.24) is 4.37 Å². The molecule has 1 heterocycles. The van der Waals surface area contributed by atoms with Gasteiger partial charge in [0.1, 0.15) is 10.6 Å². The van der Waals surface area contributed by atoms with Crippen molar-refractivity contribution in [2.24, 2.45) is 0 Å². The molecule has 1 aromatic heterocycles. The van der Waals surface area contributed by atoms with E-state index in [1.165, 1.54) is 25.7 Å². The summed E-state index contributed by atoms with van der Waals surface area (Å²) in [7, 11) is 0. The number of aromatic nitrogens is 1. The van der Waals surface area contributed by atoms with Gasteiger partial charge in [-0.25, -0.2) is 4.79 Å². The van der Waals surface area contributed by atoms with Crippen molar-refractivity contribution < 1.29 is 9.53 Å². The average Bonchev–Trinajstić information content (AvgIpc) is 2.68. The number of carbonyl (C=O) groups is 1. The summed E-state index contributed by atoms with van der Waals surface area (Å²) in [5.41, 5.74) is 6.78. The van der Waals surface area contributed by atoms with E-state index in [1.54, 1.807) is 6.92 Å². The van der Waals surface area contributed by atoms with Gasteiger partial charge in [-0.15, -0.1) is 0 Å². The summed E-state index contributed by atoms with van der Waals surface area (Å²) in [5.74, 6) is -0.340. The zero-order chi connectivity index (χ0) is 13.4. The molecule has 0 aliphatic heterocycles. The predicted octanol–water partition coefficient (Wildman–Crippen LogP) is 3.55. The number of nitrogens with two attached hydrogens (primary N) is 1. The van der Waals surface area contributed by atoms with Crippen LogP contribution in [-0.4, -0.2) is 16.9 Å². The Labute approximate surface area is 113 Å². The van der Waals surface area contributed by atoms with Crippen LogP contribution >= 0.6 is 11.5 Å². The number of ether oxygens (including phenoxy) is 1. The number of hydrogen-bond acceptors (Lipinski definition) is 5. The standard InChI is InChI=1S/C13H22N2O2S/c1-3-4-5-6-7-8-9-17-13(16)11-10(2)15-18-12(11)14/h3-9,14H2,1-2H3. The fraction of sp³-hybridized carbons (Fsp3) is 0.692. The van der Waals surface area contributed by atoms with Gasteiger partial charge in [0.2, 0.25) is 0 Å². The van der Waals surface area contributed by atoms with Gasteiger partial charge < -0.3 is 10.5 Å². The van der Waals surface area contributed by atoms with E-state index < -0.39 is 0 Å². The lowest BCUT2D eigenvalue weighted by atomic mass is 10.1. The molecule has 0 aliphatic rings. The molecular formula is C13H22N2O2S. The summed E-state index contributed by atoms with van der Waals surface area (Å²) in [6, 6.07) is 0. The highest BCUT2D eigenvalue weighted by atomic mass is 32.1. The molecule has 5 heteroatoms. The highest BCUT2D eigenvalue weighted by Crippen LogP contribution is 2.21. The topological polar surface area (TPSA) is 65.2 Å². The zero-order valence-electron chi connectivity index (χ0n) is 11.2. The minimum atomic E-state index is -0.340. The Bertz CT molecular complexity index is 358. The van der Waals surface area contributed by atoms with Gasteiger partial charge in [0.05, 0.1) is 12.3 Å². The summed E-state index contributed by atoms with van der Waals surface area (Å²) in [4.78, 5) is 11.7. The number of anilines is 1. The quantitative estimate of drug-likeness (QED) is 0.579. The second-order valence-corrected chi connectivity index (χ2v) is 5.22. The van der Waals surface area contributed by atoms with Crippen LogP contribution in [0, 0.1) is 6.92 Å². The van der Waals surface area contributed by atoms with E-state index >= 15 is 0 Å². The predicted molar refractivity (Wildman–Crippen MR) is 74.9 cm³/mol. The van der Waals surface area contributed by atoms with E-state index in [4.69, 9.17) is 10.5 Å². The Morgan fingerprint density at radius 3 is 2.56 bits per heavy atom. The highest BCUT2D eigenvalue weighted by Gasteiger charge is 2.17. The maximum atomic E-state index is 11.7. The smallest absolute Gasteiger partial charge is 0.343 e. The van der Waals surface area contributed by atoms with E-state index in [1.807, 2.05) is 0 Å². The minimum absolute atomic E-state index is 0.340. The molecule has 0 radical (unpaired) electrons. The molecule has 1 rings (SSSR count). The van der Waals surface area contributed by atoms with Crippen LogP contribution in [0.3, 0.4) is 0 Å². The van der Waals surface area contributed by atoms with Gasteiger partial charge in [0, 0.05) is 0 Å². The average molecular weight is 270 g/mol. The second kappa shape index (κ2) is 8.08. The van der Waals surface area contributed by atoms with E-state index in [0.29, 0.717) is 22.9 Å². The van der Waals surface area contributed by atoms with Gasteiger partial charge in [0.25, 0.3) is 0 Å². The summed E-state index contributed by atoms with van der Waals surface area (Å²) >= 11 is 1.14. The number of unbranched alkanes of at least 4 members (excludes halogenated alkanes) is 5. The SMILES string of the molecule is CCCCCCCCOC(=O)c1c(C)nsc1N. The Morgan fingerprint density at radius 1 is 1.28 bits per heavy atom. The normalized spacial score (nSPS) is 10.6. The van der Waals surface area contributed by atoms with Crippen molar-refractivity contribution in [1.29, 1.82) is 0 Å². The van der Waals surface area contributed by atoms with E-state index in [0.717, 1.165) is 24.4 Å². The highest BCUT2D eigenvalue weighted by molar-refractivity contribution is 7.10. The fourth-order valence-electron chi connectivity index (χ4n) is 1.75. The lowest BCUT2D eigenvalue weighted by Gasteiger charge is -2.04. The van der Waals surface area contributed by atoms with Crippen LogP contribution in [0.1, 0.15) is 61.5 Å². The molecule has 2 N–H and O–H groups in total. The molecule has 0 fully saturated rings. The van der Waals surface area contributed by atoms with Crippen molar-refractivity contribution in [2.75, 3.05) is 12.3 Å². The molecule has 102 valence electrons. The van der Waals surface area contributed by atoms with Crippen molar-refractivity contribution in [2.45, 2.75) is 52.4 Å². The lowest BCUT2D eigenvalue weighted by molar-refractivity contribution is 0.0498. The van der Waals surface area contributed by atoms with E-state index in [2.05, 4.69) is 11.3 Å². The van der Waals surface area contributed by atoms with Crippen LogP contribution in [0.5, 0.6) is 0 Å². The van der Waals surface area contributed by atoms with Crippen LogP contribution in [0.2, 0.25) is 0 Å². The summed E-state index contributed by atoms with van der Waals surface area (Å²) in [5, 5.41) is 0.445. The first-order valence-electron chi connectivity index (χ1n) is 6.55. The van der Waals surface area contributed by atoms with Crippen LogP contribution in [0.4, 0.5) is 5.00 Å². The van der Waals surface area contributed by atoms with Crippen LogP contribution in [0.25, 0.3) is 0 Å². The first-order chi connectivity index (χ1) is 8.66. The molecule has 1 aromatic rings. The van der Waals surface area contributed by atoms with Crippen LogP contribution in [0.15, 0.2) is 0 Å². The molecular weight excluding hydrogens is 248 g/mol. The maximum Gasteiger partial charge on any atom is 0.343 e. The molecule has 0 saturated heterocycles. The molecule has 0 aliphatic carbocycles. The molecule has 0 saturated carbocycles. The first kappa shape index (κ1) is 15.0. The van der Waals surface area contributed by atoms with Gasteiger partial charge in [-0.05, 0) is 24.9 Å².